The summed E-state index contributed by atoms with van der Waals surface area (Å²) in [6.45, 7) is 0.719. The van der Waals surface area contributed by atoms with Crippen molar-refractivity contribution in [3.63, 3.8) is 0 Å². The lowest BCUT2D eigenvalue weighted by molar-refractivity contribution is -0.141. The van der Waals surface area contributed by atoms with E-state index in [4.69, 9.17) is 4.74 Å². The number of fused-ring (bicyclic) bond motifs is 2. The first kappa shape index (κ1) is 14.7. The zero-order valence-electron chi connectivity index (χ0n) is 12.3. The van der Waals surface area contributed by atoms with Crippen LogP contribution < -0.4 is 5.32 Å². The maximum absolute atomic E-state index is 13.0. The van der Waals surface area contributed by atoms with E-state index in [0.717, 1.165) is 38.4 Å². The van der Waals surface area contributed by atoms with Gasteiger partial charge >= 0.3 is 6.18 Å². The highest BCUT2D eigenvalue weighted by Gasteiger charge is 2.39. The smallest absolute Gasteiger partial charge is 0.378 e. The van der Waals surface area contributed by atoms with Gasteiger partial charge in [-0.2, -0.15) is 27.8 Å². The van der Waals surface area contributed by atoms with Crippen LogP contribution in [-0.4, -0.2) is 38.3 Å². The highest BCUT2D eigenvalue weighted by molar-refractivity contribution is 5.46. The summed E-state index contributed by atoms with van der Waals surface area (Å²) in [5.41, 5.74) is -0.962. The van der Waals surface area contributed by atoms with Crippen molar-refractivity contribution in [1.82, 2.24) is 19.6 Å². The van der Waals surface area contributed by atoms with Gasteiger partial charge in [0.15, 0.2) is 5.69 Å². The molecule has 2 aromatic rings. The largest absolute Gasteiger partial charge is 0.433 e. The second-order valence-corrected chi connectivity index (χ2v) is 6.04. The highest BCUT2D eigenvalue weighted by atomic mass is 19.4. The summed E-state index contributed by atoms with van der Waals surface area (Å²) in [6.07, 6.45) is 0.745. The summed E-state index contributed by atoms with van der Waals surface area (Å²) in [4.78, 5) is 7.32. The molecule has 3 unspecified atom stereocenters. The fourth-order valence-electron chi connectivity index (χ4n) is 3.61. The number of alkyl halides is 3. The van der Waals surface area contributed by atoms with E-state index in [0.29, 0.717) is 5.92 Å². The Morgan fingerprint density at radius 1 is 1.26 bits per heavy atom. The highest BCUT2D eigenvalue weighted by Crippen LogP contribution is 2.36. The van der Waals surface area contributed by atoms with Crippen LogP contribution in [0.1, 0.15) is 31.4 Å². The topological polar surface area (TPSA) is 64.3 Å². The van der Waals surface area contributed by atoms with Gasteiger partial charge in [0.05, 0.1) is 6.10 Å². The Bertz CT molecular complexity index is 716. The summed E-state index contributed by atoms with van der Waals surface area (Å²) in [5.74, 6) is 0.541. The number of nitrogens with one attached hydrogen (secondary N) is 1. The molecule has 9 heteroatoms. The van der Waals surface area contributed by atoms with Gasteiger partial charge in [0.1, 0.15) is 12.1 Å². The molecule has 4 rings (SSSR count). The molecule has 1 saturated heterocycles. The number of ether oxygens (including phenoxy) is 1. The fraction of sp³-hybridized carbons (Fsp3) is 0.643. The van der Waals surface area contributed by atoms with Gasteiger partial charge in [-0.3, -0.25) is 0 Å². The molecule has 0 bridgehead atoms. The van der Waals surface area contributed by atoms with E-state index in [-0.39, 0.29) is 23.7 Å². The van der Waals surface area contributed by atoms with Gasteiger partial charge in [0.2, 0.25) is 0 Å². The quantitative estimate of drug-likeness (QED) is 0.918. The lowest BCUT2D eigenvalue weighted by Gasteiger charge is -2.33. The minimum atomic E-state index is -4.52. The van der Waals surface area contributed by atoms with E-state index >= 15 is 0 Å². The van der Waals surface area contributed by atoms with Crippen LogP contribution in [0, 0.1) is 5.92 Å². The molecule has 124 valence electrons. The molecule has 0 amide bonds. The van der Waals surface area contributed by atoms with Crippen molar-refractivity contribution in [2.24, 2.45) is 5.92 Å². The average Bonchev–Trinajstić information content (AvgIpc) is 3.15. The first-order valence-electron chi connectivity index (χ1n) is 7.68. The Morgan fingerprint density at radius 3 is 2.96 bits per heavy atom. The van der Waals surface area contributed by atoms with Crippen LogP contribution in [0.3, 0.4) is 0 Å². The van der Waals surface area contributed by atoms with Gasteiger partial charge in [0, 0.05) is 24.6 Å². The zero-order valence-corrected chi connectivity index (χ0v) is 12.3. The molecule has 1 saturated carbocycles. The molecule has 1 aliphatic heterocycles. The van der Waals surface area contributed by atoms with Gasteiger partial charge in [-0.15, -0.1) is 0 Å². The zero-order chi connectivity index (χ0) is 16.0. The molecular weight excluding hydrogens is 311 g/mol. The molecule has 6 nitrogen and oxygen atoms in total. The van der Waals surface area contributed by atoms with E-state index in [1.54, 1.807) is 0 Å². The predicted molar refractivity (Wildman–Crippen MR) is 74.9 cm³/mol. The maximum Gasteiger partial charge on any atom is 0.433 e. The van der Waals surface area contributed by atoms with Gasteiger partial charge in [0.25, 0.3) is 5.78 Å². The molecule has 0 radical (unpaired) electrons. The number of hydrogen-bond donors (Lipinski definition) is 1. The number of nitrogens with zero attached hydrogens (tertiary/aromatic N) is 4. The lowest BCUT2D eigenvalue weighted by Crippen LogP contribution is -2.38. The van der Waals surface area contributed by atoms with Crippen LogP contribution in [0.2, 0.25) is 0 Å². The average molecular weight is 327 g/mol. The molecule has 2 aromatic heterocycles. The Morgan fingerprint density at radius 2 is 2.13 bits per heavy atom. The molecule has 3 heterocycles. The van der Waals surface area contributed by atoms with Gasteiger partial charge in [-0.25, -0.2) is 4.98 Å². The summed E-state index contributed by atoms with van der Waals surface area (Å²) < 4.78 is 46.1. The van der Waals surface area contributed by atoms with E-state index in [9.17, 15) is 13.2 Å². The van der Waals surface area contributed by atoms with Crippen LogP contribution in [0.5, 0.6) is 0 Å². The van der Waals surface area contributed by atoms with Crippen LogP contribution in [0.25, 0.3) is 5.78 Å². The van der Waals surface area contributed by atoms with Crippen molar-refractivity contribution >= 4 is 11.6 Å². The fourth-order valence-corrected chi connectivity index (χ4v) is 3.61. The second kappa shape index (κ2) is 5.33. The van der Waals surface area contributed by atoms with Gasteiger partial charge in [-0.1, -0.05) is 0 Å². The van der Waals surface area contributed by atoms with E-state index in [1.807, 2.05) is 0 Å². The molecule has 23 heavy (non-hydrogen) atoms. The molecule has 2 fully saturated rings. The van der Waals surface area contributed by atoms with E-state index in [2.05, 4.69) is 20.4 Å². The number of hydrogen-bond acceptors (Lipinski definition) is 5. The number of anilines is 1. The number of halogens is 3. The Labute approximate surface area is 130 Å². The molecular formula is C14H16F3N5O. The van der Waals surface area contributed by atoms with Crippen molar-refractivity contribution in [3.8, 4) is 0 Å². The predicted octanol–water partition coefficient (Wildman–Crippen LogP) is 2.51. The third-order valence-electron chi connectivity index (χ3n) is 4.66. The molecule has 0 spiro atoms. The lowest BCUT2D eigenvalue weighted by atomic mass is 9.82. The normalized spacial score (nSPS) is 28.0. The van der Waals surface area contributed by atoms with Crippen molar-refractivity contribution in [2.45, 2.75) is 44.0 Å². The third-order valence-corrected chi connectivity index (χ3v) is 4.66. The third kappa shape index (κ3) is 2.62. The van der Waals surface area contributed by atoms with Crippen LogP contribution >= 0.6 is 0 Å². The molecule has 0 aromatic carbocycles. The summed E-state index contributed by atoms with van der Waals surface area (Å²) in [5, 5.41) is 7.21. The first-order valence-corrected chi connectivity index (χ1v) is 7.68. The van der Waals surface area contributed by atoms with Crippen molar-refractivity contribution in [2.75, 3.05) is 11.9 Å². The Hall–Kier alpha value is -1.90. The van der Waals surface area contributed by atoms with Crippen LogP contribution in [-0.2, 0) is 10.9 Å². The summed E-state index contributed by atoms with van der Waals surface area (Å²) in [7, 11) is 0. The summed E-state index contributed by atoms with van der Waals surface area (Å²) >= 11 is 0. The minimum absolute atomic E-state index is 0.0580. The first-order chi connectivity index (χ1) is 11.0. The van der Waals surface area contributed by atoms with Gasteiger partial charge in [-0.05, 0) is 25.7 Å². The van der Waals surface area contributed by atoms with E-state index < -0.39 is 11.9 Å². The van der Waals surface area contributed by atoms with Crippen LogP contribution in [0.4, 0.5) is 19.0 Å². The molecule has 3 atom stereocenters. The van der Waals surface area contributed by atoms with Crippen molar-refractivity contribution in [1.29, 1.82) is 0 Å². The SMILES string of the molecule is FC(F)(F)c1cc(NC2CCCC3OCCC23)n2ncnc2n1. The maximum atomic E-state index is 13.0. The molecule has 1 N–H and O–H groups in total. The Kier molecular flexibility index (Phi) is 3.40. The molecule has 2 aliphatic rings. The van der Waals surface area contributed by atoms with Crippen LogP contribution in [0.15, 0.2) is 12.4 Å². The minimum Gasteiger partial charge on any atom is -0.378 e. The Balaban J connectivity index is 1.69. The standard InChI is InChI=1S/C14H16F3N5O/c15-14(16,17)11-6-12(22-13(21-11)18-7-19-22)20-9-2-1-3-10-8(9)4-5-23-10/h6-10,20H,1-5H2. The second-order valence-electron chi connectivity index (χ2n) is 6.04. The molecule has 1 aliphatic carbocycles. The van der Waals surface area contributed by atoms with Crippen molar-refractivity contribution < 1.29 is 17.9 Å². The monoisotopic (exact) mass is 327 g/mol. The number of rotatable bonds is 2. The number of aromatic nitrogens is 4. The van der Waals surface area contributed by atoms with Crippen molar-refractivity contribution in [3.05, 3.63) is 18.1 Å². The van der Waals surface area contributed by atoms with E-state index in [1.165, 1.54) is 10.8 Å². The summed E-state index contributed by atoms with van der Waals surface area (Å²) in [6, 6.07) is 1.08. The van der Waals surface area contributed by atoms with Gasteiger partial charge < -0.3 is 10.1 Å².